The molecule has 2 aromatic rings. The van der Waals surface area contributed by atoms with Crippen molar-refractivity contribution < 1.29 is 9.50 Å². The van der Waals surface area contributed by atoms with Crippen LogP contribution in [0.1, 0.15) is 24.2 Å². The Morgan fingerprint density at radius 2 is 1.84 bits per heavy atom. The van der Waals surface area contributed by atoms with E-state index >= 15 is 0 Å². The minimum absolute atomic E-state index is 0. The van der Waals surface area contributed by atoms with Crippen LogP contribution in [0.3, 0.4) is 0 Å². The van der Waals surface area contributed by atoms with Crippen LogP contribution in [0.25, 0.3) is 0 Å². The summed E-state index contributed by atoms with van der Waals surface area (Å²) in [7, 11) is 0. The van der Waals surface area contributed by atoms with Crippen molar-refractivity contribution in [1.82, 2.24) is 10.6 Å². The molecule has 0 spiro atoms. The Bertz CT molecular complexity index is 700. The minimum Gasteiger partial charge on any atom is -0.387 e. The van der Waals surface area contributed by atoms with Crippen molar-refractivity contribution in [2.75, 3.05) is 13.1 Å². The van der Waals surface area contributed by atoms with E-state index in [1.165, 1.54) is 6.07 Å². The fourth-order valence-electron chi connectivity index (χ4n) is 2.18. The lowest BCUT2D eigenvalue weighted by Crippen LogP contribution is -2.39. The van der Waals surface area contributed by atoms with E-state index in [2.05, 4.69) is 15.6 Å². The van der Waals surface area contributed by atoms with E-state index in [0.717, 1.165) is 0 Å². The third-order valence-electron chi connectivity index (χ3n) is 3.44. The molecule has 7 heteroatoms. The van der Waals surface area contributed by atoms with Gasteiger partial charge < -0.3 is 15.7 Å². The monoisotopic (exact) mass is 477 g/mol. The zero-order chi connectivity index (χ0) is 17.4. The van der Waals surface area contributed by atoms with Crippen LogP contribution in [0.15, 0.2) is 53.5 Å². The molecule has 0 aromatic heterocycles. The molecule has 0 radical (unpaired) electrons. The van der Waals surface area contributed by atoms with Gasteiger partial charge in [-0.1, -0.05) is 48.0 Å². The number of guanidine groups is 1. The Morgan fingerprint density at radius 3 is 2.52 bits per heavy atom. The van der Waals surface area contributed by atoms with E-state index in [4.69, 9.17) is 11.6 Å². The number of benzene rings is 2. The van der Waals surface area contributed by atoms with Crippen molar-refractivity contribution in [1.29, 1.82) is 0 Å². The standard InChI is InChI=1S/C18H21ClFN3O.HI/c1-2-21-18(22-11-13-7-3-6-10-16(13)20)23-12-17(24)14-8-4-5-9-15(14)19;/h3-10,17,24H,2,11-12H2,1H3,(H2,21,22,23);1H. The van der Waals surface area contributed by atoms with Gasteiger partial charge >= 0.3 is 0 Å². The second kappa shape index (κ2) is 11.3. The molecule has 0 bridgehead atoms. The smallest absolute Gasteiger partial charge is 0.191 e. The lowest BCUT2D eigenvalue weighted by molar-refractivity contribution is 0.181. The molecular weight excluding hydrogens is 456 g/mol. The molecule has 0 heterocycles. The van der Waals surface area contributed by atoms with Crippen LogP contribution in [0.4, 0.5) is 4.39 Å². The van der Waals surface area contributed by atoms with Gasteiger partial charge in [-0.2, -0.15) is 0 Å². The molecule has 136 valence electrons. The molecule has 2 aromatic carbocycles. The van der Waals surface area contributed by atoms with Gasteiger partial charge in [0.2, 0.25) is 0 Å². The molecule has 0 saturated heterocycles. The second-order valence-corrected chi connectivity index (χ2v) is 5.61. The normalized spacial score (nSPS) is 12.2. The number of hydrogen-bond acceptors (Lipinski definition) is 2. The average Bonchev–Trinajstić information content (AvgIpc) is 2.58. The van der Waals surface area contributed by atoms with E-state index in [1.54, 1.807) is 30.3 Å². The maximum atomic E-state index is 13.6. The first-order chi connectivity index (χ1) is 11.6. The maximum absolute atomic E-state index is 13.6. The van der Waals surface area contributed by atoms with Crippen molar-refractivity contribution in [3.8, 4) is 0 Å². The largest absolute Gasteiger partial charge is 0.387 e. The molecular formula is C18H22ClFIN3O. The van der Waals surface area contributed by atoms with Crippen LogP contribution in [0, 0.1) is 5.82 Å². The summed E-state index contributed by atoms with van der Waals surface area (Å²) >= 11 is 6.08. The molecule has 2 rings (SSSR count). The van der Waals surface area contributed by atoms with Crippen LogP contribution in [0.2, 0.25) is 5.02 Å². The number of aliphatic imine (C=N–C) groups is 1. The number of rotatable bonds is 6. The molecule has 25 heavy (non-hydrogen) atoms. The molecule has 0 saturated carbocycles. The van der Waals surface area contributed by atoms with Gasteiger partial charge in [0.05, 0.1) is 12.6 Å². The highest BCUT2D eigenvalue weighted by atomic mass is 127. The summed E-state index contributed by atoms with van der Waals surface area (Å²) in [5.41, 5.74) is 1.16. The van der Waals surface area contributed by atoms with Crippen LogP contribution >= 0.6 is 35.6 Å². The maximum Gasteiger partial charge on any atom is 0.191 e. The summed E-state index contributed by atoms with van der Waals surface area (Å²) in [6.07, 6.45) is -0.768. The SMILES string of the molecule is CCNC(=NCc1ccccc1F)NCC(O)c1ccccc1Cl.I. The zero-order valence-corrected chi connectivity index (χ0v) is 17.0. The average molecular weight is 478 g/mol. The zero-order valence-electron chi connectivity index (χ0n) is 13.9. The Morgan fingerprint density at radius 1 is 1.16 bits per heavy atom. The molecule has 0 aliphatic heterocycles. The molecule has 0 amide bonds. The minimum atomic E-state index is -0.768. The Hall–Kier alpha value is -1.38. The summed E-state index contributed by atoms with van der Waals surface area (Å²) in [6.45, 7) is 3.05. The summed E-state index contributed by atoms with van der Waals surface area (Å²) < 4.78 is 13.6. The van der Waals surface area contributed by atoms with Crippen molar-refractivity contribution >= 4 is 41.5 Å². The van der Waals surface area contributed by atoms with Crippen molar-refractivity contribution in [2.45, 2.75) is 19.6 Å². The molecule has 0 aliphatic carbocycles. The summed E-state index contributed by atoms with van der Waals surface area (Å²) in [6, 6.07) is 13.7. The number of halogens is 3. The molecule has 0 fully saturated rings. The summed E-state index contributed by atoms with van der Waals surface area (Å²) in [4.78, 5) is 4.34. The predicted octanol–water partition coefficient (Wildman–Crippen LogP) is 3.89. The van der Waals surface area contributed by atoms with E-state index in [1.807, 2.05) is 19.1 Å². The van der Waals surface area contributed by atoms with Crippen LogP contribution in [0.5, 0.6) is 0 Å². The van der Waals surface area contributed by atoms with E-state index in [0.29, 0.717) is 28.7 Å². The van der Waals surface area contributed by atoms with E-state index < -0.39 is 6.10 Å². The fraction of sp³-hybridized carbons (Fsp3) is 0.278. The van der Waals surface area contributed by atoms with Crippen LogP contribution < -0.4 is 10.6 Å². The first-order valence-electron chi connectivity index (χ1n) is 7.80. The number of aliphatic hydroxyl groups excluding tert-OH is 1. The summed E-state index contributed by atoms with van der Waals surface area (Å²) in [5.74, 6) is 0.222. The topological polar surface area (TPSA) is 56.7 Å². The highest BCUT2D eigenvalue weighted by Crippen LogP contribution is 2.21. The van der Waals surface area contributed by atoms with Crippen molar-refractivity contribution in [2.24, 2.45) is 4.99 Å². The fourth-order valence-corrected chi connectivity index (χ4v) is 2.44. The number of nitrogens with one attached hydrogen (secondary N) is 2. The Labute approximate surface area is 169 Å². The van der Waals surface area contributed by atoms with Gasteiger partial charge in [-0.05, 0) is 19.1 Å². The molecule has 3 N–H and O–H groups in total. The predicted molar refractivity (Wildman–Crippen MR) is 111 cm³/mol. The molecule has 0 aliphatic rings. The van der Waals surface area contributed by atoms with Crippen molar-refractivity contribution in [3.63, 3.8) is 0 Å². The van der Waals surface area contributed by atoms with Gasteiger partial charge in [0.25, 0.3) is 0 Å². The van der Waals surface area contributed by atoms with E-state index in [9.17, 15) is 9.50 Å². The van der Waals surface area contributed by atoms with Gasteiger partial charge in [0.1, 0.15) is 5.82 Å². The van der Waals surface area contributed by atoms with Gasteiger partial charge in [-0.25, -0.2) is 9.38 Å². The molecule has 1 unspecified atom stereocenters. The lowest BCUT2D eigenvalue weighted by Gasteiger charge is -2.16. The van der Waals surface area contributed by atoms with Crippen LogP contribution in [-0.2, 0) is 6.54 Å². The van der Waals surface area contributed by atoms with Crippen molar-refractivity contribution in [3.05, 3.63) is 70.5 Å². The van der Waals surface area contributed by atoms with Gasteiger partial charge in [-0.15, -0.1) is 24.0 Å². The highest BCUT2D eigenvalue weighted by Gasteiger charge is 2.11. The quantitative estimate of drug-likeness (QED) is 0.336. The van der Waals surface area contributed by atoms with Gasteiger partial charge in [0, 0.05) is 29.2 Å². The van der Waals surface area contributed by atoms with E-state index in [-0.39, 0.29) is 42.9 Å². The lowest BCUT2D eigenvalue weighted by atomic mass is 10.1. The van der Waals surface area contributed by atoms with Gasteiger partial charge in [0.15, 0.2) is 5.96 Å². The number of aliphatic hydroxyl groups is 1. The Kier molecular flexibility index (Phi) is 9.77. The van der Waals surface area contributed by atoms with Gasteiger partial charge in [-0.3, -0.25) is 0 Å². The third kappa shape index (κ3) is 6.80. The molecule has 1 atom stereocenters. The summed E-state index contributed by atoms with van der Waals surface area (Å²) in [5, 5.41) is 16.9. The van der Waals surface area contributed by atoms with Crippen LogP contribution in [-0.4, -0.2) is 24.2 Å². The molecule has 4 nitrogen and oxygen atoms in total. The highest BCUT2D eigenvalue weighted by molar-refractivity contribution is 14.0. The first-order valence-corrected chi connectivity index (χ1v) is 8.17. The number of hydrogen-bond donors (Lipinski definition) is 3. The first kappa shape index (κ1) is 21.7. The second-order valence-electron chi connectivity index (χ2n) is 5.20. The number of nitrogens with zero attached hydrogens (tertiary/aromatic N) is 1. The third-order valence-corrected chi connectivity index (χ3v) is 3.78. The Balaban J connectivity index is 0.00000312.